The molecule has 2 fully saturated rings. The molecule has 1 saturated heterocycles. The van der Waals surface area contributed by atoms with Gasteiger partial charge in [0.05, 0.1) is 12.0 Å². The van der Waals surface area contributed by atoms with E-state index in [9.17, 15) is 4.79 Å². The lowest BCUT2D eigenvalue weighted by Gasteiger charge is -2.48. The van der Waals surface area contributed by atoms with Gasteiger partial charge >= 0.3 is 0 Å². The van der Waals surface area contributed by atoms with Crippen LogP contribution >= 0.6 is 0 Å². The van der Waals surface area contributed by atoms with E-state index in [2.05, 4.69) is 48.9 Å². The average molecular weight is 395 g/mol. The smallest absolute Gasteiger partial charge is 0.227 e. The molecule has 0 aromatic heterocycles. The Kier molecular flexibility index (Phi) is 5.93. The Morgan fingerprint density at radius 2 is 2.10 bits per heavy atom. The molecular weight excluding hydrogens is 360 g/mol. The van der Waals surface area contributed by atoms with Gasteiger partial charge < -0.3 is 9.64 Å². The summed E-state index contributed by atoms with van der Waals surface area (Å²) in [4.78, 5) is 17.6. The molecule has 4 rings (SSSR count). The number of allylic oxidation sites excluding steroid dienone is 1. The fraction of sp³-hybridized carbons (Fsp3) is 0.560. The SMILES string of the molecule is C=CCN(C)[C@H]1C[C@]2(CCCO2)CC[C@@H]1N(C)C(=O)CC1=CCc2ccccc21. The van der Waals surface area contributed by atoms with Crippen molar-refractivity contribution in [3.63, 3.8) is 0 Å². The van der Waals surface area contributed by atoms with Crippen LogP contribution in [0.15, 0.2) is 43.0 Å². The van der Waals surface area contributed by atoms with Crippen LogP contribution in [0, 0.1) is 0 Å². The predicted octanol–water partition coefficient (Wildman–Crippen LogP) is 4.06. The molecule has 29 heavy (non-hydrogen) atoms. The fourth-order valence-corrected chi connectivity index (χ4v) is 5.57. The summed E-state index contributed by atoms with van der Waals surface area (Å²) in [6.07, 6.45) is 11.0. The summed E-state index contributed by atoms with van der Waals surface area (Å²) in [6, 6.07) is 8.97. The van der Waals surface area contributed by atoms with E-state index in [0.717, 1.165) is 51.7 Å². The second-order valence-electron chi connectivity index (χ2n) is 9.01. The monoisotopic (exact) mass is 394 g/mol. The van der Waals surface area contributed by atoms with Gasteiger partial charge in [0.25, 0.3) is 0 Å². The molecule has 0 unspecified atom stereocenters. The number of amides is 1. The first-order chi connectivity index (χ1) is 14.0. The van der Waals surface area contributed by atoms with Crippen LogP contribution in [-0.4, -0.2) is 60.6 Å². The molecule has 2 aliphatic carbocycles. The lowest BCUT2D eigenvalue weighted by molar-refractivity contribution is -0.136. The zero-order chi connectivity index (χ0) is 20.4. The van der Waals surface area contributed by atoms with E-state index in [1.165, 1.54) is 16.7 Å². The number of nitrogens with zero attached hydrogens (tertiary/aromatic N) is 2. The standard InChI is InChI=1S/C25H34N2O2/c1-4-15-26(2)23-18-25(13-7-16-29-25)14-12-22(23)27(3)24(28)17-20-11-10-19-8-5-6-9-21(19)20/h4-6,8-9,11,22-23H,1,7,10,12-18H2,2-3H3/t22-,23-,25-/m0/s1. The molecule has 1 aromatic carbocycles. The molecule has 4 nitrogen and oxygen atoms in total. The maximum absolute atomic E-state index is 13.3. The average Bonchev–Trinajstić information content (AvgIpc) is 3.35. The number of benzene rings is 1. The number of hydrogen-bond donors (Lipinski definition) is 0. The third-order valence-electron chi connectivity index (χ3n) is 7.25. The van der Waals surface area contributed by atoms with Crippen LogP contribution in [0.2, 0.25) is 0 Å². The first-order valence-corrected chi connectivity index (χ1v) is 11.0. The number of ether oxygens (including phenoxy) is 1. The molecule has 3 atom stereocenters. The van der Waals surface area contributed by atoms with Crippen molar-refractivity contribution in [3.8, 4) is 0 Å². The van der Waals surface area contributed by atoms with Gasteiger partial charge in [0.1, 0.15) is 0 Å². The summed E-state index contributed by atoms with van der Waals surface area (Å²) in [5.74, 6) is 0.221. The molecule has 156 valence electrons. The molecule has 1 amide bonds. The number of fused-ring (bicyclic) bond motifs is 1. The zero-order valence-electron chi connectivity index (χ0n) is 17.9. The molecule has 1 saturated carbocycles. The van der Waals surface area contributed by atoms with Crippen LogP contribution in [0.4, 0.5) is 0 Å². The predicted molar refractivity (Wildman–Crippen MR) is 118 cm³/mol. The van der Waals surface area contributed by atoms with Crippen molar-refractivity contribution in [2.75, 3.05) is 27.2 Å². The molecule has 3 aliphatic rings. The van der Waals surface area contributed by atoms with Crippen molar-refractivity contribution >= 4 is 11.5 Å². The van der Waals surface area contributed by atoms with Crippen molar-refractivity contribution in [2.45, 2.75) is 62.6 Å². The van der Waals surface area contributed by atoms with Crippen molar-refractivity contribution in [1.82, 2.24) is 9.80 Å². The molecule has 0 N–H and O–H groups in total. The van der Waals surface area contributed by atoms with Gasteiger partial charge in [-0.2, -0.15) is 0 Å². The summed E-state index contributed by atoms with van der Waals surface area (Å²) in [6.45, 7) is 5.63. The highest BCUT2D eigenvalue weighted by Gasteiger charge is 2.46. The van der Waals surface area contributed by atoms with Gasteiger partial charge in [-0.05, 0) is 62.3 Å². The van der Waals surface area contributed by atoms with Gasteiger partial charge in [-0.3, -0.25) is 9.69 Å². The summed E-state index contributed by atoms with van der Waals surface area (Å²) in [5.41, 5.74) is 3.78. The molecule has 1 aliphatic heterocycles. The maximum atomic E-state index is 13.3. The van der Waals surface area contributed by atoms with E-state index in [0.29, 0.717) is 12.5 Å². The molecule has 0 radical (unpaired) electrons. The van der Waals surface area contributed by atoms with E-state index in [-0.39, 0.29) is 17.6 Å². The molecule has 4 heteroatoms. The molecule has 1 spiro atoms. The largest absolute Gasteiger partial charge is 0.375 e. The Labute approximate surface area is 175 Å². The quantitative estimate of drug-likeness (QED) is 0.682. The highest BCUT2D eigenvalue weighted by molar-refractivity contribution is 5.90. The number of rotatable bonds is 6. The van der Waals surface area contributed by atoms with Gasteiger partial charge in [0.15, 0.2) is 0 Å². The third-order valence-corrected chi connectivity index (χ3v) is 7.25. The Bertz CT molecular complexity index is 794. The third kappa shape index (κ3) is 4.06. The summed E-state index contributed by atoms with van der Waals surface area (Å²) in [7, 11) is 4.15. The molecule has 1 aromatic rings. The normalized spacial score (nSPS) is 28.4. The number of carbonyl (C=O) groups is 1. The highest BCUT2D eigenvalue weighted by atomic mass is 16.5. The minimum atomic E-state index is 0.0212. The summed E-state index contributed by atoms with van der Waals surface area (Å²) in [5, 5.41) is 0. The van der Waals surface area contributed by atoms with E-state index in [4.69, 9.17) is 4.74 Å². The number of likely N-dealkylation sites (N-methyl/N-ethyl adjacent to an activating group) is 2. The Balaban J connectivity index is 1.47. The van der Waals surface area contributed by atoms with Gasteiger partial charge in [-0.1, -0.05) is 36.4 Å². The number of carbonyl (C=O) groups excluding carboxylic acids is 1. The summed E-state index contributed by atoms with van der Waals surface area (Å²) < 4.78 is 6.21. The minimum Gasteiger partial charge on any atom is -0.375 e. The Hall–Kier alpha value is -1.91. The zero-order valence-corrected chi connectivity index (χ0v) is 17.9. The molecular formula is C25H34N2O2. The van der Waals surface area contributed by atoms with Crippen LogP contribution in [0.5, 0.6) is 0 Å². The van der Waals surface area contributed by atoms with Crippen molar-refractivity contribution in [2.24, 2.45) is 0 Å². The van der Waals surface area contributed by atoms with E-state index < -0.39 is 0 Å². The lowest BCUT2D eigenvalue weighted by atomic mass is 9.76. The van der Waals surface area contributed by atoms with Crippen LogP contribution in [0.25, 0.3) is 5.57 Å². The van der Waals surface area contributed by atoms with Crippen molar-refractivity contribution in [1.29, 1.82) is 0 Å². The van der Waals surface area contributed by atoms with Crippen LogP contribution in [0.1, 0.15) is 49.7 Å². The molecule has 1 heterocycles. The van der Waals surface area contributed by atoms with E-state index >= 15 is 0 Å². The van der Waals surface area contributed by atoms with E-state index in [1.807, 2.05) is 18.0 Å². The lowest BCUT2D eigenvalue weighted by Crippen LogP contribution is -2.57. The van der Waals surface area contributed by atoms with Gasteiger partial charge in [0.2, 0.25) is 5.91 Å². The Morgan fingerprint density at radius 1 is 1.28 bits per heavy atom. The fourth-order valence-electron chi connectivity index (χ4n) is 5.57. The maximum Gasteiger partial charge on any atom is 0.227 e. The second-order valence-corrected chi connectivity index (χ2v) is 9.01. The van der Waals surface area contributed by atoms with Crippen LogP contribution < -0.4 is 0 Å². The van der Waals surface area contributed by atoms with Gasteiger partial charge in [-0.25, -0.2) is 0 Å². The summed E-state index contributed by atoms with van der Waals surface area (Å²) >= 11 is 0. The van der Waals surface area contributed by atoms with E-state index in [1.54, 1.807) is 0 Å². The number of hydrogen-bond acceptors (Lipinski definition) is 3. The Morgan fingerprint density at radius 3 is 2.86 bits per heavy atom. The topological polar surface area (TPSA) is 32.8 Å². The van der Waals surface area contributed by atoms with Gasteiger partial charge in [0, 0.05) is 32.3 Å². The highest BCUT2D eigenvalue weighted by Crippen LogP contribution is 2.42. The second kappa shape index (κ2) is 8.45. The van der Waals surface area contributed by atoms with Crippen LogP contribution in [-0.2, 0) is 16.0 Å². The van der Waals surface area contributed by atoms with Crippen molar-refractivity contribution in [3.05, 3.63) is 54.1 Å². The first-order valence-electron chi connectivity index (χ1n) is 11.0. The van der Waals surface area contributed by atoms with Crippen LogP contribution in [0.3, 0.4) is 0 Å². The van der Waals surface area contributed by atoms with Gasteiger partial charge in [-0.15, -0.1) is 6.58 Å². The van der Waals surface area contributed by atoms with Crippen molar-refractivity contribution < 1.29 is 9.53 Å². The first kappa shape index (κ1) is 20.4. The molecule has 0 bridgehead atoms. The minimum absolute atomic E-state index is 0.0212.